The molecule has 0 unspecified atom stereocenters. The molecule has 1 nitrogen and oxygen atoms in total. The van der Waals surface area contributed by atoms with Crippen LogP contribution >= 0.6 is 0 Å². The Morgan fingerprint density at radius 2 is 1.07 bits per heavy atom. The first-order chi connectivity index (χ1) is 7.41. The van der Waals surface area contributed by atoms with E-state index in [-0.39, 0.29) is 0 Å². The van der Waals surface area contributed by atoms with Gasteiger partial charge in [0.15, 0.2) is 0 Å². The van der Waals surface area contributed by atoms with Gasteiger partial charge < -0.3 is 4.85 Å². The van der Waals surface area contributed by atoms with Crippen molar-refractivity contribution >= 4 is 0 Å². The van der Waals surface area contributed by atoms with Crippen LogP contribution in [0, 0.1) is 6.57 Å². The molecule has 0 aliphatic rings. The fraction of sp³-hybridized carbons (Fsp3) is 0.929. The molecule has 15 heavy (non-hydrogen) atoms. The minimum Gasteiger partial charge on any atom is -0.317 e. The number of rotatable bonds is 11. The summed E-state index contributed by atoms with van der Waals surface area (Å²) in [5.74, 6) is 0. The van der Waals surface area contributed by atoms with E-state index < -0.39 is 0 Å². The maximum absolute atomic E-state index is 6.65. The first kappa shape index (κ1) is 14.5. The van der Waals surface area contributed by atoms with Gasteiger partial charge in [-0.15, -0.1) is 0 Å². The molecule has 0 aliphatic carbocycles. The molecule has 0 heterocycles. The minimum absolute atomic E-state index is 0.733. The van der Waals surface area contributed by atoms with E-state index in [0.717, 1.165) is 13.0 Å². The molecular weight excluding hydrogens is 182 g/mol. The summed E-state index contributed by atoms with van der Waals surface area (Å²) in [6, 6.07) is 0. The van der Waals surface area contributed by atoms with E-state index in [9.17, 15) is 0 Å². The lowest BCUT2D eigenvalue weighted by Gasteiger charge is -2.00. The van der Waals surface area contributed by atoms with Crippen molar-refractivity contribution in [3.63, 3.8) is 0 Å². The van der Waals surface area contributed by atoms with Crippen molar-refractivity contribution in [3.8, 4) is 0 Å². The Morgan fingerprint density at radius 3 is 1.47 bits per heavy atom. The zero-order valence-corrected chi connectivity index (χ0v) is 10.4. The maximum atomic E-state index is 6.65. The van der Waals surface area contributed by atoms with E-state index in [1.54, 1.807) is 0 Å². The van der Waals surface area contributed by atoms with Gasteiger partial charge in [-0.2, -0.15) is 0 Å². The van der Waals surface area contributed by atoms with Gasteiger partial charge in [-0.25, -0.2) is 6.57 Å². The van der Waals surface area contributed by atoms with Gasteiger partial charge >= 0.3 is 0 Å². The molecule has 0 radical (unpaired) electrons. The van der Waals surface area contributed by atoms with Crippen LogP contribution in [0.5, 0.6) is 0 Å². The molecule has 0 saturated carbocycles. The number of nitrogens with zero attached hydrogens (tertiary/aromatic N) is 1. The van der Waals surface area contributed by atoms with Crippen molar-refractivity contribution in [2.75, 3.05) is 6.54 Å². The quantitative estimate of drug-likeness (QED) is 0.325. The molecule has 0 rings (SSSR count). The predicted molar refractivity (Wildman–Crippen MR) is 67.9 cm³/mol. The van der Waals surface area contributed by atoms with Crippen LogP contribution in [0.2, 0.25) is 0 Å². The molecule has 0 aromatic heterocycles. The van der Waals surface area contributed by atoms with E-state index in [4.69, 9.17) is 6.57 Å². The summed E-state index contributed by atoms with van der Waals surface area (Å²) < 4.78 is 0. The molecule has 0 N–H and O–H groups in total. The van der Waals surface area contributed by atoms with Gasteiger partial charge in [0.25, 0.3) is 0 Å². The van der Waals surface area contributed by atoms with Crippen LogP contribution in [0.1, 0.15) is 77.6 Å². The van der Waals surface area contributed by atoms with Crippen molar-refractivity contribution < 1.29 is 0 Å². The molecule has 0 atom stereocenters. The average molecular weight is 209 g/mol. The van der Waals surface area contributed by atoms with Gasteiger partial charge in [-0.05, 0) is 6.42 Å². The van der Waals surface area contributed by atoms with Gasteiger partial charge in [-0.1, -0.05) is 64.7 Å². The van der Waals surface area contributed by atoms with Crippen molar-refractivity contribution in [2.45, 2.75) is 77.6 Å². The van der Waals surface area contributed by atoms with Crippen LogP contribution in [0.4, 0.5) is 0 Å². The Morgan fingerprint density at radius 1 is 0.667 bits per heavy atom. The molecule has 0 bridgehead atoms. The molecule has 88 valence electrons. The fourth-order valence-electron chi connectivity index (χ4n) is 1.86. The second-order valence-electron chi connectivity index (χ2n) is 4.42. The molecule has 0 saturated heterocycles. The highest BCUT2D eigenvalue weighted by Crippen LogP contribution is 2.11. The average Bonchev–Trinajstić information content (AvgIpc) is 2.26. The Balaban J connectivity index is 2.84. The Labute approximate surface area is 96.1 Å². The standard InChI is InChI=1S/C14H27N/c1-3-4-5-6-7-8-9-10-11-12-13-14-15-2/h3-14H2,1H3. The lowest BCUT2D eigenvalue weighted by Crippen LogP contribution is -1.83. The molecule has 1 heteroatoms. The van der Waals surface area contributed by atoms with Crippen LogP contribution < -0.4 is 0 Å². The van der Waals surface area contributed by atoms with Crippen molar-refractivity contribution in [1.82, 2.24) is 0 Å². The summed E-state index contributed by atoms with van der Waals surface area (Å²) in [6.45, 7) is 9.65. The van der Waals surface area contributed by atoms with Crippen molar-refractivity contribution in [1.29, 1.82) is 0 Å². The minimum atomic E-state index is 0.733. The van der Waals surface area contributed by atoms with Crippen LogP contribution in [0.3, 0.4) is 0 Å². The monoisotopic (exact) mass is 209 g/mol. The molecule has 0 aromatic carbocycles. The summed E-state index contributed by atoms with van der Waals surface area (Å²) in [7, 11) is 0. The third-order valence-corrected chi connectivity index (χ3v) is 2.87. The topological polar surface area (TPSA) is 4.36 Å². The molecular formula is C14H27N. The summed E-state index contributed by atoms with van der Waals surface area (Å²) in [5, 5.41) is 0. The summed E-state index contributed by atoms with van der Waals surface area (Å²) in [4.78, 5) is 3.36. The van der Waals surface area contributed by atoms with Crippen LogP contribution in [-0.4, -0.2) is 6.54 Å². The highest BCUT2D eigenvalue weighted by atomic mass is 14.6. The van der Waals surface area contributed by atoms with Gasteiger partial charge in [0.1, 0.15) is 0 Å². The lowest BCUT2D eigenvalue weighted by molar-refractivity contribution is 0.553. The predicted octanol–water partition coefficient (Wildman–Crippen LogP) is 5.22. The first-order valence-electron chi connectivity index (χ1n) is 6.75. The fourth-order valence-corrected chi connectivity index (χ4v) is 1.86. The lowest BCUT2D eigenvalue weighted by atomic mass is 10.1. The Kier molecular flexibility index (Phi) is 13.0. The highest BCUT2D eigenvalue weighted by molar-refractivity contribution is 4.58. The molecule has 0 aromatic rings. The summed E-state index contributed by atoms with van der Waals surface area (Å²) >= 11 is 0. The largest absolute Gasteiger partial charge is 0.317 e. The van der Waals surface area contributed by atoms with E-state index in [1.165, 1.54) is 64.2 Å². The molecule has 0 aliphatic heterocycles. The molecule has 0 fully saturated rings. The number of hydrogen-bond donors (Lipinski definition) is 0. The number of unbranched alkanes of at least 4 members (excludes halogenated alkanes) is 10. The first-order valence-corrected chi connectivity index (χ1v) is 6.75. The van der Waals surface area contributed by atoms with E-state index in [2.05, 4.69) is 11.8 Å². The normalized spacial score (nSPS) is 10.1. The third kappa shape index (κ3) is 13.5. The van der Waals surface area contributed by atoms with Crippen molar-refractivity contribution in [3.05, 3.63) is 11.4 Å². The van der Waals surface area contributed by atoms with Gasteiger partial charge in [0.2, 0.25) is 6.54 Å². The number of hydrogen-bond acceptors (Lipinski definition) is 0. The highest BCUT2D eigenvalue weighted by Gasteiger charge is 1.93. The maximum Gasteiger partial charge on any atom is 0.214 e. The van der Waals surface area contributed by atoms with Gasteiger partial charge in [0.05, 0.1) is 0 Å². The summed E-state index contributed by atoms with van der Waals surface area (Å²) in [6.07, 6.45) is 15.0. The zero-order valence-electron chi connectivity index (χ0n) is 10.4. The van der Waals surface area contributed by atoms with Crippen LogP contribution in [0.15, 0.2) is 0 Å². The van der Waals surface area contributed by atoms with E-state index in [1.807, 2.05) is 0 Å². The Hall–Kier alpha value is -0.510. The van der Waals surface area contributed by atoms with Gasteiger partial charge in [-0.3, -0.25) is 0 Å². The molecule has 0 amide bonds. The SMILES string of the molecule is [C-]#[N+]CCCCCCCCCCCCC. The second-order valence-corrected chi connectivity index (χ2v) is 4.42. The van der Waals surface area contributed by atoms with Gasteiger partial charge in [0, 0.05) is 6.42 Å². The van der Waals surface area contributed by atoms with Crippen LogP contribution in [-0.2, 0) is 0 Å². The zero-order chi connectivity index (χ0) is 11.2. The molecule has 0 spiro atoms. The Bertz CT molecular complexity index is 146. The van der Waals surface area contributed by atoms with Crippen LogP contribution in [0.25, 0.3) is 4.85 Å². The van der Waals surface area contributed by atoms with E-state index >= 15 is 0 Å². The van der Waals surface area contributed by atoms with E-state index in [0.29, 0.717) is 0 Å². The second kappa shape index (κ2) is 13.5. The third-order valence-electron chi connectivity index (χ3n) is 2.87. The summed E-state index contributed by atoms with van der Waals surface area (Å²) in [5.41, 5.74) is 0. The smallest absolute Gasteiger partial charge is 0.214 e. The van der Waals surface area contributed by atoms with Crippen molar-refractivity contribution in [2.24, 2.45) is 0 Å².